The summed E-state index contributed by atoms with van der Waals surface area (Å²) in [7, 11) is 0. The molecule has 1 N–H and O–H groups in total. The molecular formula is C48H35N3. The maximum absolute atomic E-state index is 3.66. The standard InChI is InChI=1S/C48H35N3/c1-5-17-39(18-6-1)50(40-19-7-2-8-20-40)43-25-13-15-35(31-43)37-27-29-47-45(33-37)46-34-38(28-30-48(46)49-47)36-16-14-26-44(32-36)51(41-21-9-3-10-22-41)42-23-11-4-12-24-42/h1-34,49H. The first-order valence-corrected chi connectivity index (χ1v) is 17.4. The molecule has 9 aromatic rings. The highest BCUT2D eigenvalue weighted by Crippen LogP contribution is 2.39. The normalized spacial score (nSPS) is 11.1. The smallest absolute Gasteiger partial charge is 0.0467 e. The number of fused-ring (bicyclic) bond motifs is 3. The molecule has 0 saturated heterocycles. The number of benzene rings is 8. The van der Waals surface area contributed by atoms with Gasteiger partial charge in [0.05, 0.1) is 0 Å². The molecule has 1 aromatic heterocycles. The molecule has 3 nitrogen and oxygen atoms in total. The van der Waals surface area contributed by atoms with Crippen molar-refractivity contribution in [2.24, 2.45) is 0 Å². The van der Waals surface area contributed by atoms with Crippen LogP contribution in [-0.4, -0.2) is 4.98 Å². The number of rotatable bonds is 8. The van der Waals surface area contributed by atoms with Crippen LogP contribution in [-0.2, 0) is 0 Å². The van der Waals surface area contributed by atoms with Gasteiger partial charge in [-0.3, -0.25) is 0 Å². The highest BCUT2D eigenvalue weighted by Gasteiger charge is 2.15. The van der Waals surface area contributed by atoms with Crippen LogP contribution in [0.2, 0.25) is 0 Å². The summed E-state index contributed by atoms with van der Waals surface area (Å²) >= 11 is 0. The summed E-state index contributed by atoms with van der Waals surface area (Å²) in [5.41, 5.74) is 13.7. The minimum Gasteiger partial charge on any atom is -0.355 e. The van der Waals surface area contributed by atoms with E-state index in [1.165, 1.54) is 33.0 Å². The SMILES string of the molecule is c1ccc(N(c2ccccc2)c2cccc(-c3ccc4[nH]c5ccc(-c6cccc(N(c7ccccc7)c7ccccc7)c6)cc5c4c3)c2)cc1. The summed E-state index contributed by atoms with van der Waals surface area (Å²) in [6.07, 6.45) is 0. The van der Waals surface area contributed by atoms with E-state index in [1.807, 2.05) is 0 Å². The van der Waals surface area contributed by atoms with E-state index in [4.69, 9.17) is 0 Å². The van der Waals surface area contributed by atoms with E-state index >= 15 is 0 Å². The average Bonchev–Trinajstić information content (AvgIpc) is 3.57. The second kappa shape index (κ2) is 13.2. The third-order valence-electron chi connectivity index (χ3n) is 9.53. The van der Waals surface area contributed by atoms with E-state index in [0.717, 1.165) is 45.2 Å². The Balaban J connectivity index is 1.11. The second-order valence-electron chi connectivity index (χ2n) is 12.8. The topological polar surface area (TPSA) is 22.3 Å². The molecule has 0 unspecified atom stereocenters. The minimum absolute atomic E-state index is 1.12. The third kappa shape index (κ3) is 5.92. The lowest BCUT2D eigenvalue weighted by Gasteiger charge is -2.26. The number of hydrogen-bond donors (Lipinski definition) is 1. The number of H-pyrrole nitrogens is 1. The van der Waals surface area contributed by atoms with Gasteiger partial charge in [0.2, 0.25) is 0 Å². The number of para-hydroxylation sites is 4. The molecule has 0 fully saturated rings. The van der Waals surface area contributed by atoms with Crippen LogP contribution in [0.25, 0.3) is 44.1 Å². The van der Waals surface area contributed by atoms with Crippen molar-refractivity contribution in [2.75, 3.05) is 9.80 Å². The maximum Gasteiger partial charge on any atom is 0.0467 e. The molecule has 1 heterocycles. The quantitative estimate of drug-likeness (QED) is 0.176. The lowest BCUT2D eigenvalue weighted by atomic mass is 9.99. The summed E-state index contributed by atoms with van der Waals surface area (Å²) in [6.45, 7) is 0. The van der Waals surface area contributed by atoms with Crippen LogP contribution in [0.15, 0.2) is 206 Å². The Kier molecular flexibility index (Phi) is 7.84. The van der Waals surface area contributed by atoms with Crippen LogP contribution < -0.4 is 9.80 Å². The van der Waals surface area contributed by atoms with Gasteiger partial charge in [-0.25, -0.2) is 0 Å². The van der Waals surface area contributed by atoms with Gasteiger partial charge in [-0.2, -0.15) is 0 Å². The van der Waals surface area contributed by atoms with Crippen molar-refractivity contribution in [3.63, 3.8) is 0 Å². The van der Waals surface area contributed by atoms with Crippen molar-refractivity contribution in [2.45, 2.75) is 0 Å². The predicted molar refractivity (Wildman–Crippen MR) is 216 cm³/mol. The number of anilines is 6. The lowest BCUT2D eigenvalue weighted by Crippen LogP contribution is -2.09. The van der Waals surface area contributed by atoms with Crippen molar-refractivity contribution >= 4 is 55.9 Å². The third-order valence-corrected chi connectivity index (χ3v) is 9.53. The summed E-state index contributed by atoms with van der Waals surface area (Å²) < 4.78 is 0. The highest BCUT2D eigenvalue weighted by atomic mass is 15.1. The molecule has 0 saturated carbocycles. The van der Waals surface area contributed by atoms with Crippen LogP contribution >= 0.6 is 0 Å². The highest BCUT2D eigenvalue weighted by molar-refractivity contribution is 6.10. The van der Waals surface area contributed by atoms with Crippen molar-refractivity contribution < 1.29 is 0 Å². The van der Waals surface area contributed by atoms with Crippen LogP contribution in [0, 0.1) is 0 Å². The first kappa shape index (κ1) is 30.2. The molecule has 0 spiro atoms. The Morgan fingerprint density at radius 2 is 0.569 bits per heavy atom. The Morgan fingerprint density at radius 3 is 0.922 bits per heavy atom. The maximum atomic E-state index is 3.66. The van der Waals surface area contributed by atoms with Gasteiger partial charge in [-0.15, -0.1) is 0 Å². The summed E-state index contributed by atoms with van der Waals surface area (Å²) in [5.74, 6) is 0. The van der Waals surface area contributed by atoms with Gasteiger partial charge in [-0.1, -0.05) is 109 Å². The van der Waals surface area contributed by atoms with E-state index < -0.39 is 0 Å². The van der Waals surface area contributed by atoms with E-state index in [1.54, 1.807) is 0 Å². The molecule has 0 aliphatic carbocycles. The molecule has 0 radical (unpaired) electrons. The molecule has 8 aromatic carbocycles. The van der Waals surface area contributed by atoms with Gasteiger partial charge in [-0.05, 0) is 119 Å². The Hall–Kier alpha value is -6.84. The van der Waals surface area contributed by atoms with Crippen molar-refractivity contribution in [3.8, 4) is 22.3 Å². The zero-order chi connectivity index (χ0) is 34.0. The van der Waals surface area contributed by atoms with E-state index in [9.17, 15) is 0 Å². The zero-order valence-electron chi connectivity index (χ0n) is 28.0. The summed E-state index contributed by atoms with van der Waals surface area (Å²) in [6, 6.07) is 73.4. The molecule has 0 bridgehead atoms. The van der Waals surface area contributed by atoms with Crippen molar-refractivity contribution in [3.05, 3.63) is 206 Å². The predicted octanol–water partition coefficient (Wildman–Crippen LogP) is 13.6. The molecule has 3 heteroatoms. The van der Waals surface area contributed by atoms with Gasteiger partial charge in [0, 0.05) is 55.9 Å². The Labute approximate surface area is 298 Å². The fourth-order valence-corrected chi connectivity index (χ4v) is 7.11. The summed E-state index contributed by atoms with van der Waals surface area (Å²) in [4.78, 5) is 8.28. The molecule has 0 atom stereocenters. The largest absolute Gasteiger partial charge is 0.355 e. The van der Waals surface area contributed by atoms with E-state index in [0.29, 0.717) is 0 Å². The number of aromatic amines is 1. The molecule has 0 aliphatic heterocycles. The van der Waals surface area contributed by atoms with Gasteiger partial charge in [0.1, 0.15) is 0 Å². The molecule has 9 rings (SSSR count). The van der Waals surface area contributed by atoms with Gasteiger partial charge in [0.25, 0.3) is 0 Å². The number of hydrogen-bond acceptors (Lipinski definition) is 2. The minimum atomic E-state index is 1.12. The van der Waals surface area contributed by atoms with E-state index in [-0.39, 0.29) is 0 Å². The van der Waals surface area contributed by atoms with E-state index in [2.05, 4.69) is 221 Å². The fraction of sp³-hybridized carbons (Fsp3) is 0. The van der Waals surface area contributed by atoms with Gasteiger partial charge >= 0.3 is 0 Å². The lowest BCUT2D eigenvalue weighted by molar-refractivity contribution is 1.28. The van der Waals surface area contributed by atoms with Crippen molar-refractivity contribution in [1.82, 2.24) is 4.98 Å². The molecule has 242 valence electrons. The van der Waals surface area contributed by atoms with Gasteiger partial charge < -0.3 is 14.8 Å². The number of nitrogens with zero attached hydrogens (tertiary/aromatic N) is 2. The van der Waals surface area contributed by atoms with Crippen LogP contribution in [0.5, 0.6) is 0 Å². The number of aromatic nitrogens is 1. The van der Waals surface area contributed by atoms with Crippen molar-refractivity contribution in [1.29, 1.82) is 0 Å². The first-order chi connectivity index (χ1) is 25.3. The fourth-order valence-electron chi connectivity index (χ4n) is 7.11. The molecule has 0 amide bonds. The average molecular weight is 654 g/mol. The van der Waals surface area contributed by atoms with Crippen LogP contribution in [0.4, 0.5) is 34.1 Å². The molecule has 51 heavy (non-hydrogen) atoms. The van der Waals surface area contributed by atoms with Crippen LogP contribution in [0.3, 0.4) is 0 Å². The molecule has 0 aliphatic rings. The van der Waals surface area contributed by atoms with Crippen LogP contribution in [0.1, 0.15) is 0 Å². The Morgan fingerprint density at radius 1 is 0.255 bits per heavy atom. The summed E-state index contributed by atoms with van der Waals surface area (Å²) in [5, 5.41) is 2.42. The van der Waals surface area contributed by atoms with Gasteiger partial charge in [0.15, 0.2) is 0 Å². The molecular weight excluding hydrogens is 619 g/mol. The first-order valence-electron chi connectivity index (χ1n) is 17.4. The second-order valence-corrected chi connectivity index (χ2v) is 12.8. The Bertz CT molecular complexity index is 2320. The zero-order valence-corrected chi connectivity index (χ0v) is 28.0. The monoisotopic (exact) mass is 653 g/mol. The number of nitrogens with one attached hydrogen (secondary N) is 1.